The van der Waals surface area contributed by atoms with E-state index in [2.05, 4.69) is 5.32 Å². The number of hydrogen-bond acceptors (Lipinski definition) is 2. The molecule has 0 fully saturated rings. The first-order chi connectivity index (χ1) is 8.85. The third-order valence-corrected chi connectivity index (χ3v) is 2.68. The van der Waals surface area contributed by atoms with Crippen molar-refractivity contribution in [3.8, 4) is 0 Å². The normalized spacial score (nSPS) is 13.6. The molecule has 1 aromatic rings. The van der Waals surface area contributed by atoms with Crippen molar-refractivity contribution in [2.45, 2.75) is 45.8 Å². The minimum absolute atomic E-state index is 0.309. The van der Waals surface area contributed by atoms with E-state index < -0.39 is 11.6 Å². The van der Waals surface area contributed by atoms with Crippen LogP contribution in [0.25, 0.3) is 0 Å². The Morgan fingerprint density at radius 1 is 1.26 bits per heavy atom. The molecule has 1 atom stereocenters. The van der Waals surface area contributed by atoms with Crippen molar-refractivity contribution < 1.29 is 13.5 Å². The van der Waals surface area contributed by atoms with Gasteiger partial charge in [-0.25, -0.2) is 8.78 Å². The van der Waals surface area contributed by atoms with Crippen molar-refractivity contribution in [1.82, 2.24) is 5.32 Å². The van der Waals surface area contributed by atoms with Crippen LogP contribution in [0.1, 0.15) is 45.7 Å². The van der Waals surface area contributed by atoms with Gasteiger partial charge in [0, 0.05) is 5.56 Å². The van der Waals surface area contributed by atoms with Gasteiger partial charge in [0.1, 0.15) is 0 Å². The van der Waals surface area contributed by atoms with Crippen LogP contribution in [0.2, 0.25) is 0 Å². The van der Waals surface area contributed by atoms with Crippen molar-refractivity contribution in [2.24, 2.45) is 0 Å². The predicted molar refractivity (Wildman–Crippen MR) is 73.1 cm³/mol. The van der Waals surface area contributed by atoms with Gasteiger partial charge in [0.25, 0.3) is 0 Å². The summed E-state index contributed by atoms with van der Waals surface area (Å²) in [5, 5.41) is 3.19. The molecule has 0 radical (unpaired) electrons. The van der Waals surface area contributed by atoms with Gasteiger partial charge in [0.05, 0.1) is 18.2 Å². The van der Waals surface area contributed by atoms with E-state index in [9.17, 15) is 8.78 Å². The Morgan fingerprint density at radius 2 is 1.95 bits per heavy atom. The van der Waals surface area contributed by atoms with Gasteiger partial charge in [0.15, 0.2) is 11.6 Å². The summed E-state index contributed by atoms with van der Waals surface area (Å²) < 4.78 is 32.8. The lowest BCUT2D eigenvalue weighted by Gasteiger charge is -2.25. The predicted octanol–water partition coefficient (Wildman–Crippen LogP) is 3.82. The fourth-order valence-electron chi connectivity index (χ4n) is 1.70. The van der Waals surface area contributed by atoms with Crippen molar-refractivity contribution >= 4 is 0 Å². The Morgan fingerprint density at radius 3 is 2.53 bits per heavy atom. The third-order valence-electron chi connectivity index (χ3n) is 2.68. The molecule has 1 unspecified atom stereocenters. The first-order valence-electron chi connectivity index (χ1n) is 6.66. The second-order valence-electron chi connectivity index (χ2n) is 5.57. The number of ether oxygens (including phenoxy) is 1. The summed E-state index contributed by atoms with van der Waals surface area (Å²) >= 11 is 0. The zero-order valence-corrected chi connectivity index (χ0v) is 12.1. The molecule has 0 heterocycles. The lowest BCUT2D eigenvalue weighted by Crippen LogP contribution is -2.31. The molecule has 0 saturated carbocycles. The second-order valence-corrected chi connectivity index (χ2v) is 5.57. The fraction of sp³-hybridized carbons (Fsp3) is 0.600. The fourth-order valence-corrected chi connectivity index (χ4v) is 1.70. The molecule has 1 aromatic carbocycles. The van der Waals surface area contributed by atoms with Crippen LogP contribution >= 0.6 is 0 Å². The van der Waals surface area contributed by atoms with Crippen LogP contribution in [0.5, 0.6) is 0 Å². The molecule has 0 aliphatic heterocycles. The van der Waals surface area contributed by atoms with Gasteiger partial charge in [-0.3, -0.25) is 0 Å². The smallest absolute Gasteiger partial charge is 0.163 e. The van der Waals surface area contributed by atoms with Crippen molar-refractivity contribution in [3.05, 3.63) is 35.4 Å². The van der Waals surface area contributed by atoms with E-state index in [0.717, 1.165) is 19.0 Å². The van der Waals surface area contributed by atoms with E-state index >= 15 is 0 Å². The lowest BCUT2D eigenvalue weighted by atomic mass is 10.1. The summed E-state index contributed by atoms with van der Waals surface area (Å²) in [7, 11) is 0. The van der Waals surface area contributed by atoms with Gasteiger partial charge >= 0.3 is 0 Å². The SMILES string of the molecule is CCCNC(COC(C)(C)C)c1cccc(F)c1F. The van der Waals surface area contributed by atoms with Crippen LogP contribution in [0, 0.1) is 11.6 Å². The molecular formula is C15H23F2NO. The molecule has 0 bridgehead atoms. The summed E-state index contributed by atoms with van der Waals surface area (Å²) in [6.07, 6.45) is 0.920. The number of rotatable bonds is 6. The summed E-state index contributed by atoms with van der Waals surface area (Å²) in [4.78, 5) is 0. The molecule has 108 valence electrons. The molecule has 0 aliphatic rings. The third kappa shape index (κ3) is 5.25. The first-order valence-corrected chi connectivity index (χ1v) is 6.66. The molecule has 1 rings (SSSR count). The lowest BCUT2D eigenvalue weighted by molar-refractivity contribution is -0.0152. The minimum atomic E-state index is -0.823. The molecule has 4 heteroatoms. The van der Waals surface area contributed by atoms with Gasteiger partial charge in [0.2, 0.25) is 0 Å². The summed E-state index contributed by atoms with van der Waals surface area (Å²) in [5.41, 5.74) is 0.00774. The highest BCUT2D eigenvalue weighted by Crippen LogP contribution is 2.21. The topological polar surface area (TPSA) is 21.3 Å². The van der Waals surface area contributed by atoms with Gasteiger partial charge in [-0.15, -0.1) is 0 Å². The number of nitrogens with one attached hydrogen (secondary N) is 1. The van der Waals surface area contributed by atoms with E-state index in [1.165, 1.54) is 6.07 Å². The first kappa shape index (κ1) is 16.1. The molecule has 1 N–H and O–H groups in total. The van der Waals surface area contributed by atoms with Gasteiger partial charge in [-0.2, -0.15) is 0 Å². The summed E-state index contributed by atoms with van der Waals surface area (Å²) in [6.45, 7) is 8.87. The highest BCUT2D eigenvalue weighted by Gasteiger charge is 2.20. The standard InChI is InChI=1S/C15H23F2NO/c1-5-9-18-13(10-19-15(2,3)4)11-7-6-8-12(16)14(11)17/h6-8,13,18H,5,9-10H2,1-4H3. The maximum absolute atomic E-state index is 13.8. The van der Waals surface area contributed by atoms with Gasteiger partial charge in [-0.1, -0.05) is 19.1 Å². The van der Waals surface area contributed by atoms with Crippen LogP contribution < -0.4 is 5.32 Å². The molecular weight excluding hydrogens is 248 g/mol. The number of hydrogen-bond donors (Lipinski definition) is 1. The van der Waals surface area contributed by atoms with E-state index in [1.807, 2.05) is 27.7 Å². The molecule has 0 aliphatic carbocycles. The summed E-state index contributed by atoms with van der Waals surface area (Å²) in [5.74, 6) is -1.62. The van der Waals surface area contributed by atoms with E-state index in [4.69, 9.17) is 4.74 Å². The van der Waals surface area contributed by atoms with Crippen molar-refractivity contribution in [2.75, 3.05) is 13.2 Å². The van der Waals surface area contributed by atoms with Crippen LogP contribution in [0.4, 0.5) is 8.78 Å². The Hall–Kier alpha value is -1.00. The Balaban J connectivity index is 2.86. The van der Waals surface area contributed by atoms with Crippen molar-refractivity contribution in [1.29, 1.82) is 0 Å². The zero-order chi connectivity index (χ0) is 14.5. The molecule has 0 aromatic heterocycles. The quantitative estimate of drug-likeness (QED) is 0.849. The molecule has 0 saturated heterocycles. The van der Waals surface area contributed by atoms with Crippen LogP contribution in [0.15, 0.2) is 18.2 Å². The van der Waals surface area contributed by atoms with Gasteiger partial charge < -0.3 is 10.1 Å². The summed E-state index contributed by atoms with van der Waals surface area (Å²) in [6, 6.07) is 3.90. The maximum atomic E-state index is 13.8. The van der Waals surface area contributed by atoms with Crippen molar-refractivity contribution in [3.63, 3.8) is 0 Å². The minimum Gasteiger partial charge on any atom is -0.374 e. The Labute approximate surface area is 114 Å². The van der Waals surface area contributed by atoms with E-state index in [-0.39, 0.29) is 11.6 Å². The number of benzene rings is 1. The van der Waals surface area contributed by atoms with Crippen LogP contribution in [-0.4, -0.2) is 18.8 Å². The van der Waals surface area contributed by atoms with E-state index in [0.29, 0.717) is 12.2 Å². The van der Waals surface area contributed by atoms with E-state index in [1.54, 1.807) is 6.07 Å². The zero-order valence-electron chi connectivity index (χ0n) is 12.1. The molecule has 2 nitrogen and oxygen atoms in total. The second kappa shape index (κ2) is 6.96. The molecule has 0 amide bonds. The molecule has 19 heavy (non-hydrogen) atoms. The van der Waals surface area contributed by atoms with Crippen LogP contribution in [0.3, 0.4) is 0 Å². The highest BCUT2D eigenvalue weighted by molar-refractivity contribution is 5.22. The van der Waals surface area contributed by atoms with Gasteiger partial charge in [-0.05, 0) is 39.8 Å². The Bertz CT molecular complexity index is 402. The largest absolute Gasteiger partial charge is 0.374 e. The average Bonchev–Trinajstić information content (AvgIpc) is 2.32. The molecule has 0 spiro atoms. The highest BCUT2D eigenvalue weighted by atomic mass is 19.2. The Kier molecular flexibility index (Phi) is 5.88. The average molecular weight is 271 g/mol. The maximum Gasteiger partial charge on any atom is 0.163 e. The monoisotopic (exact) mass is 271 g/mol. The van der Waals surface area contributed by atoms with Crippen LogP contribution in [-0.2, 0) is 4.74 Å². The number of halogens is 2.